The van der Waals surface area contributed by atoms with Crippen LogP contribution in [0.5, 0.6) is 0 Å². The summed E-state index contributed by atoms with van der Waals surface area (Å²) in [4.78, 5) is 22.4. The fourth-order valence-corrected chi connectivity index (χ4v) is 1.47. The highest BCUT2D eigenvalue weighted by Crippen LogP contribution is 2.19. The molecule has 0 aliphatic carbocycles. The Hall–Kier alpha value is -1.14. The molecule has 1 saturated heterocycles. The first-order valence-corrected chi connectivity index (χ1v) is 5.75. The van der Waals surface area contributed by atoms with Crippen molar-refractivity contribution in [2.45, 2.75) is 51.6 Å². The maximum Gasteiger partial charge on any atom is 0.305 e. The van der Waals surface area contributed by atoms with Crippen molar-refractivity contribution in [3.63, 3.8) is 0 Å². The second-order valence-electron chi connectivity index (χ2n) is 3.79. The third-order valence-electron chi connectivity index (χ3n) is 2.44. The number of hydrogen-bond donors (Lipinski definition) is 1. The van der Waals surface area contributed by atoms with Crippen molar-refractivity contribution in [2.75, 3.05) is 6.61 Å². The van der Waals surface area contributed by atoms with Crippen molar-refractivity contribution >= 4 is 11.9 Å². The van der Waals surface area contributed by atoms with E-state index in [2.05, 4.69) is 0 Å². The summed E-state index contributed by atoms with van der Waals surface area (Å²) in [6.07, 6.45) is -1.66. The summed E-state index contributed by atoms with van der Waals surface area (Å²) in [5.41, 5.74) is 0. The van der Waals surface area contributed by atoms with E-state index >= 15 is 0 Å². The van der Waals surface area contributed by atoms with Crippen LogP contribution in [0.25, 0.3) is 0 Å². The smallest absolute Gasteiger partial charge is 0.305 e. The molecule has 1 fully saturated rings. The van der Waals surface area contributed by atoms with Gasteiger partial charge in [-0.3, -0.25) is 9.59 Å². The van der Waals surface area contributed by atoms with E-state index in [0.717, 1.165) is 0 Å². The molecule has 0 aromatic heterocycles. The van der Waals surface area contributed by atoms with Crippen molar-refractivity contribution in [2.24, 2.45) is 0 Å². The topological polar surface area (TPSA) is 82.1 Å². The third kappa shape index (κ3) is 4.32. The normalized spacial score (nSPS) is 28.5. The van der Waals surface area contributed by atoms with E-state index in [1.54, 1.807) is 13.8 Å². The van der Waals surface area contributed by atoms with Gasteiger partial charge in [0.25, 0.3) is 0 Å². The number of carbonyl (C=O) groups is 2. The summed E-state index contributed by atoms with van der Waals surface area (Å²) in [6.45, 7) is 3.38. The Bertz CT molecular complexity index is 277. The maximum atomic E-state index is 11.2. The third-order valence-corrected chi connectivity index (χ3v) is 2.44. The number of rotatable bonds is 4. The number of ether oxygens (including phenoxy) is 3. The average molecular weight is 246 g/mol. The highest BCUT2D eigenvalue weighted by Gasteiger charge is 2.35. The minimum Gasteiger partial charge on any atom is -0.458 e. The van der Waals surface area contributed by atoms with Gasteiger partial charge in [0.05, 0.1) is 6.61 Å². The van der Waals surface area contributed by atoms with Crippen LogP contribution in [0.3, 0.4) is 0 Å². The summed E-state index contributed by atoms with van der Waals surface area (Å²) in [7, 11) is 0. The van der Waals surface area contributed by atoms with Gasteiger partial charge in [-0.2, -0.15) is 0 Å². The van der Waals surface area contributed by atoms with Gasteiger partial charge < -0.3 is 19.3 Å². The van der Waals surface area contributed by atoms with Gasteiger partial charge in [-0.25, -0.2) is 0 Å². The van der Waals surface area contributed by atoms with E-state index in [1.807, 2.05) is 0 Å². The molecule has 1 N–H and O–H groups in total. The molecule has 0 bridgehead atoms. The number of hydrogen-bond acceptors (Lipinski definition) is 6. The molecule has 0 aromatic rings. The van der Waals surface area contributed by atoms with Crippen LogP contribution in [0.15, 0.2) is 0 Å². The molecular weight excluding hydrogens is 228 g/mol. The monoisotopic (exact) mass is 246 g/mol. The fraction of sp³-hybridized carbons (Fsp3) is 0.818. The van der Waals surface area contributed by atoms with Gasteiger partial charge in [-0.15, -0.1) is 0 Å². The number of aliphatic hydroxyl groups excluding tert-OH is 1. The van der Waals surface area contributed by atoms with E-state index in [-0.39, 0.29) is 37.8 Å². The first-order valence-electron chi connectivity index (χ1n) is 5.75. The lowest BCUT2D eigenvalue weighted by Crippen LogP contribution is -2.46. The molecule has 3 atom stereocenters. The predicted octanol–water partition coefficient (Wildman–Crippen LogP) is 0.369. The van der Waals surface area contributed by atoms with Crippen molar-refractivity contribution in [1.82, 2.24) is 0 Å². The fourth-order valence-electron chi connectivity index (χ4n) is 1.47. The largest absolute Gasteiger partial charge is 0.458 e. The Labute approximate surface area is 99.8 Å². The summed E-state index contributed by atoms with van der Waals surface area (Å²) in [6, 6.07) is 0. The molecule has 6 heteroatoms. The van der Waals surface area contributed by atoms with E-state index < -0.39 is 18.5 Å². The van der Waals surface area contributed by atoms with Gasteiger partial charge in [0.15, 0.2) is 12.4 Å². The van der Waals surface area contributed by atoms with Gasteiger partial charge in [-0.05, 0) is 0 Å². The van der Waals surface area contributed by atoms with Gasteiger partial charge >= 0.3 is 11.9 Å². The Morgan fingerprint density at radius 3 is 2.24 bits per heavy atom. The number of carbonyl (C=O) groups excluding carboxylic acids is 2. The zero-order valence-corrected chi connectivity index (χ0v) is 10.0. The Balaban J connectivity index is 2.57. The van der Waals surface area contributed by atoms with Gasteiger partial charge in [0.2, 0.25) is 0 Å². The van der Waals surface area contributed by atoms with Crippen molar-refractivity contribution in [3.05, 3.63) is 0 Å². The number of aliphatic hydroxyl groups is 1. The van der Waals surface area contributed by atoms with Crippen LogP contribution in [0.2, 0.25) is 0 Å². The Morgan fingerprint density at radius 2 is 1.71 bits per heavy atom. The molecule has 1 aliphatic heterocycles. The van der Waals surface area contributed by atoms with Crippen LogP contribution in [-0.2, 0) is 23.8 Å². The Morgan fingerprint density at radius 1 is 1.18 bits per heavy atom. The first-order chi connectivity index (χ1) is 8.06. The SMILES string of the molecule is CCC(=O)O[C@@H]1CO[C@@H](O)C[C@H]1OC(=O)CC. The molecule has 0 amide bonds. The van der Waals surface area contributed by atoms with Crippen LogP contribution >= 0.6 is 0 Å². The molecule has 0 spiro atoms. The lowest BCUT2D eigenvalue weighted by molar-refractivity contribution is -0.218. The summed E-state index contributed by atoms with van der Waals surface area (Å²) < 4.78 is 15.2. The molecule has 1 aliphatic rings. The molecule has 0 saturated carbocycles. The maximum absolute atomic E-state index is 11.2. The lowest BCUT2D eigenvalue weighted by atomic mass is 10.1. The van der Waals surface area contributed by atoms with E-state index in [1.165, 1.54) is 0 Å². The van der Waals surface area contributed by atoms with Gasteiger partial charge in [0.1, 0.15) is 6.10 Å². The second-order valence-corrected chi connectivity index (χ2v) is 3.79. The van der Waals surface area contributed by atoms with Crippen LogP contribution in [0, 0.1) is 0 Å². The number of esters is 2. The predicted molar refractivity (Wildman–Crippen MR) is 56.9 cm³/mol. The summed E-state index contributed by atoms with van der Waals surface area (Å²) >= 11 is 0. The minimum atomic E-state index is -0.985. The zero-order chi connectivity index (χ0) is 12.8. The molecule has 1 heterocycles. The van der Waals surface area contributed by atoms with Crippen molar-refractivity contribution in [1.29, 1.82) is 0 Å². The molecule has 0 unspecified atom stereocenters. The molecule has 6 nitrogen and oxygen atoms in total. The summed E-state index contributed by atoms with van der Waals surface area (Å²) in [5.74, 6) is -0.769. The van der Waals surface area contributed by atoms with E-state index in [0.29, 0.717) is 0 Å². The minimum absolute atomic E-state index is 0.0363. The van der Waals surface area contributed by atoms with Gasteiger partial charge in [0, 0.05) is 19.3 Å². The first kappa shape index (κ1) is 13.9. The van der Waals surface area contributed by atoms with Crippen LogP contribution < -0.4 is 0 Å². The molecule has 0 aromatic carbocycles. The lowest BCUT2D eigenvalue weighted by Gasteiger charge is -2.33. The van der Waals surface area contributed by atoms with E-state index in [9.17, 15) is 14.7 Å². The second kappa shape index (κ2) is 6.56. The zero-order valence-electron chi connectivity index (χ0n) is 10.0. The van der Waals surface area contributed by atoms with Crippen LogP contribution in [0.4, 0.5) is 0 Å². The van der Waals surface area contributed by atoms with E-state index in [4.69, 9.17) is 14.2 Å². The highest BCUT2D eigenvalue weighted by molar-refractivity contribution is 5.70. The molecular formula is C11H18O6. The molecule has 1 rings (SSSR count). The molecule has 0 radical (unpaired) electrons. The summed E-state index contributed by atoms with van der Waals surface area (Å²) in [5, 5.41) is 9.32. The standard InChI is InChI=1S/C11H18O6/c1-3-9(12)16-7-5-11(14)15-6-8(7)17-10(13)4-2/h7-8,11,14H,3-6H2,1-2H3/t7-,8-,11-/m1/s1. The van der Waals surface area contributed by atoms with Crippen molar-refractivity contribution in [3.8, 4) is 0 Å². The molecule has 17 heavy (non-hydrogen) atoms. The van der Waals surface area contributed by atoms with Crippen LogP contribution in [0.1, 0.15) is 33.1 Å². The Kier molecular flexibility index (Phi) is 5.37. The quantitative estimate of drug-likeness (QED) is 0.722. The van der Waals surface area contributed by atoms with Crippen molar-refractivity contribution < 1.29 is 28.9 Å². The highest BCUT2D eigenvalue weighted by atomic mass is 16.6. The van der Waals surface area contributed by atoms with Crippen LogP contribution in [-0.4, -0.2) is 42.1 Å². The van der Waals surface area contributed by atoms with Gasteiger partial charge in [-0.1, -0.05) is 13.8 Å². The average Bonchev–Trinajstić information content (AvgIpc) is 2.32. The molecule has 98 valence electrons.